The summed E-state index contributed by atoms with van der Waals surface area (Å²) in [7, 11) is -7.69. The largest absolute Gasteiger partial charge is 0.456 e. The highest BCUT2D eigenvalue weighted by molar-refractivity contribution is 7.89. The molecule has 2 aromatic carbocycles. The molecule has 1 heterocycles. The molecule has 0 bridgehead atoms. The van der Waals surface area contributed by atoms with Crippen LogP contribution in [0.3, 0.4) is 0 Å². The van der Waals surface area contributed by atoms with E-state index in [-0.39, 0.29) is 9.79 Å². The minimum atomic E-state index is -3.84. The number of nitrogens with two attached hydrogens (primary N) is 2. The first-order chi connectivity index (χ1) is 10.8. The first kappa shape index (κ1) is 15.9. The van der Waals surface area contributed by atoms with E-state index in [2.05, 4.69) is 0 Å². The smallest absolute Gasteiger partial charge is 0.253 e. The number of benzene rings is 2. The maximum atomic E-state index is 11.8. The highest BCUT2D eigenvalue weighted by Gasteiger charge is 2.18. The van der Waals surface area contributed by atoms with Crippen molar-refractivity contribution in [3.05, 3.63) is 36.4 Å². The second kappa shape index (κ2) is 5.26. The van der Waals surface area contributed by atoms with Gasteiger partial charge in [-0.05, 0) is 36.4 Å². The van der Waals surface area contributed by atoms with Crippen LogP contribution in [0.5, 0.6) is 0 Å². The van der Waals surface area contributed by atoms with Gasteiger partial charge in [-0.2, -0.15) is 9.66 Å². The lowest BCUT2D eigenvalue weighted by Crippen LogP contribution is -2.30. The quantitative estimate of drug-likeness (QED) is 0.375. The zero-order valence-electron chi connectivity index (χ0n) is 11.5. The number of furan rings is 1. The molecule has 0 spiro atoms. The topological polar surface area (TPSA) is 158 Å². The van der Waals surface area contributed by atoms with E-state index in [4.69, 9.17) is 16.1 Å². The molecule has 0 aliphatic heterocycles. The summed E-state index contributed by atoms with van der Waals surface area (Å²) in [6.07, 6.45) is 0. The van der Waals surface area contributed by atoms with Crippen molar-refractivity contribution in [2.45, 2.75) is 9.79 Å². The maximum Gasteiger partial charge on any atom is 0.253 e. The summed E-state index contributed by atoms with van der Waals surface area (Å²) in [5, 5.41) is 0.871. The summed E-state index contributed by atoms with van der Waals surface area (Å²) in [6.45, 7) is 0. The summed E-state index contributed by atoms with van der Waals surface area (Å²) in [6, 6.07) is 8.30. The van der Waals surface area contributed by atoms with Crippen molar-refractivity contribution in [2.24, 2.45) is 11.7 Å². The summed E-state index contributed by atoms with van der Waals surface area (Å²) in [5.74, 6) is 10.0. The molecule has 23 heavy (non-hydrogen) atoms. The molecule has 9 nitrogen and oxygen atoms in total. The summed E-state index contributed by atoms with van der Waals surface area (Å²) in [4.78, 5) is 3.31. The van der Waals surface area contributed by atoms with Gasteiger partial charge < -0.3 is 4.42 Å². The van der Waals surface area contributed by atoms with E-state index in [1.165, 1.54) is 36.4 Å². The Balaban J connectivity index is 2.34. The number of hydrogen-bond donors (Lipinski definition) is 4. The number of hydrazine groups is 2. The fourth-order valence-electron chi connectivity index (χ4n) is 2.21. The lowest BCUT2D eigenvalue weighted by atomic mass is 10.1. The van der Waals surface area contributed by atoms with Gasteiger partial charge in [0.15, 0.2) is 0 Å². The molecule has 3 rings (SSSR count). The van der Waals surface area contributed by atoms with Crippen LogP contribution in [0.4, 0.5) is 0 Å². The van der Waals surface area contributed by atoms with Crippen LogP contribution >= 0.6 is 0 Å². The Morgan fingerprint density at radius 3 is 1.48 bits per heavy atom. The van der Waals surface area contributed by atoms with Gasteiger partial charge in [-0.1, -0.05) is 0 Å². The van der Waals surface area contributed by atoms with E-state index < -0.39 is 20.0 Å². The molecule has 6 N–H and O–H groups in total. The van der Waals surface area contributed by atoms with Crippen molar-refractivity contribution in [2.75, 3.05) is 0 Å². The molecule has 0 saturated heterocycles. The first-order valence-electron chi connectivity index (χ1n) is 6.19. The minimum absolute atomic E-state index is 0.0691. The normalized spacial score (nSPS) is 13.0. The van der Waals surface area contributed by atoms with Gasteiger partial charge in [0.25, 0.3) is 20.0 Å². The van der Waals surface area contributed by atoms with Crippen molar-refractivity contribution in [1.82, 2.24) is 9.66 Å². The Morgan fingerprint density at radius 2 is 1.13 bits per heavy atom. The van der Waals surface area contributed by atoms with E-state index >= 15 is 0 Å². The molecule has 122 valence electrons. The van der Waals surface area contributed by atoms with Crippen molar-refractivity contribution in [3.8, 4) is 0 Å². The van der Waals surface area contributed by atoms with Crippen molar-refractivity contribution < 1.29 is 21.3 Å². The van der Waals surface area contributed by atoms with Crippen LogP contribution in [-0.2, 0) is 20.0 Å². The van der Waals surface area contributed by atoms with Crippen LogP contribution in [0.15, 0.2) is 50.6 Å². The van der Waals surface area contributed by atoms with Gasteiger partial charge in [-0.15, -0.1) is 0 Å². The monoisotopic (exact) mass is 356 g/mol. The zero-order chi connectivity index (χ0) is 16.8. The Bertz CT molecular complexity index is 1030. The SMILES string of the molecule is NNS(=O)(=O)c1ccc2oc3ccc(S(=O)(=O)NN)cc3c2c1. The summed E-state index contributed by atoms with van der Waals surface area (Å²) in [5.41, 5.74) is 0.817. The molecule has 11 heteroatoms. The fourth-order valence-corrected chi connectivity index (χ4v) is 3.52. The highest BCUT2D eigenvalue weighted by Crippen LogP contribution is 2.31. The van der Waals surface area contributed by atoms with E-state index in [0.717, 1.165) is 0 Å². The van der Waals surface area contributed by atoms with Gasteiger partial charge in [0.1, 0.15) is 11.2 Å². The lowest BCUT2D eigenvalue weighted by molar-refractivity contribution is 0.582. The van der Waals surface area contributed by atoms with E-state index in [1.807, 2.05) is 0 Å². The number of hydrogen-bond acceptors (Lipinski definition) is 7. The number of fused-ring (bicyclic) bond motifs is 3. The standard InChI is InChI=1S/C12H12N4O5S2/c13-15-22(17,18)7-1-3-11-9(5-7)10-6-8(23(19,20)16-14)2-4-12(10)21-11/h1-6,15-16H,13-14H2. The van der Waals surface area contributed by atoms with E-state index in [0.29, 0.717) is 21.9 Å². The van der Waals surface area contributed by atoms with E-state index in [9.17, 15) is 16.8 Å². The average molecular weight is 356 g/mol. The van der Waals surface area contributed by atoms with Gasteiger partial charge in [0, 0.05) is 10.8 Å². The minimum Gasteiger partial charge on any atom is -0.456 e. The number of sulfonamides is 2. The second-order valence-corrected chi connectivity index (χ2v) is 8.09. The molecule has 0 atom stereocenters. The predicted octanol–water partition coefficient (Wildman–Crippen LogP) is -0.110. The molecule has 0 radical (unpaired) electrons. The third kappa shape index (κ3) is 2.59. The van der Waals surface area contributed by atoms with Gasteiger partial charge in [0.2, 0.25) is 0 Å². The third-order valence-corrected chi connectivity index (χ3v) is 5.71. The van der Waals surface area contributed by atoms with Gasteiger partial charge in [-0.3, -0.25) is 11.7 Å². The molecule has 1 aromatic heterocycles. The van der Waals surface area contributed by atoms with Crippen molar-refractivity contribution in [1.29, 1.82) is 0 Å². The summed E-state index contributed by atoms with van der Waals surface area (Å²) >= 11 is 0. The molecular formula is C12H12N4O5S2. The van der Waals surface area contributed by atoms with Crippen LogP contribution in [0, 0.1) is 0 Å². The Kier molecular flexibility index (Phi) is 3.63. The van der Waals surface area contributed by atoms with Gasteiger partial charge in [-0.25, -0.2) is 16.8 Å². The van der Waals surface area contributed by atoms with E-state index in [1.54, 1.807) is 9.66 Å². The summed E-state index contributed by atoms with van der Waals surface area (Å²) < 4.78 is 52.7. The second-order valence-electron chi connectivity index (χ2n) is 4.66. The molecular weight excluding hydrogens is 344 g/mol. The highest BCUT2D eigenvalue weighted by atomic mass is 32.2. The van der Waals surface area contributed by atoms with Crippen LogP contribution in [0.1, 0.15) is 0 Å². The Morgan fingerprint density at radius 1 is 0.739 bits per heavy atom. The molecule has 0 aliphatic carbocycles. The van der Waals surface area contributed by atoms with Crippen LogP contribution in [-0.4, -0.2) is 16.8 Å². The molecule has 0 aliphatic rings. The predicted molar refractivity (Wildman–Crippen MR) is 82.7 cm³/mol. The van der Waals surface area contributed by atoms with Crippen molar-refractivity contribution in [3.63, 3.8) is 0 Å². The zero-order valence-corrected chi connectivity index (χ0v) is 13.1. The van der Waals surface area contributed by atoms with Gasteiger partial charge in [0.05, 0.1) is 9.79 Å². The van der Waals surface area contributed by atoms with Crippen LogP contribution in [0.25, 0.3) is 21.9 Å². The van der Waals surface area contributed by atoms with Gasteiger partial charge >= 0.3 is 0 Å². The number of rotatable bonds is 4. The fraction of sp³-hybridized carbons (Fsp3) is 0. The van der Waals surface area contributed by atoms with Crippen molar-refractivity contribution >= 4 is 42.0 Å². The maximum absolute atomic E-state index is 11.8. The van der Waals surface area contributed by atoms with Crippen LogP contribution in [0.2, 0.25) is 0 Å². The Hall–Kier alpha value is -2.02. The Labute approximate surface area is 131 Å². The molecule has 3 aromatic rings. The number of nitrogens with one attached hydrogen (secondary N) is 2. The third-order valence-electron chi connectivity index (χ3n) is 3.34. The lowest BCUT2D eigenvalue weighted by Gasteiger charge is -2.02. The van der Waals surface area contributed by atoms with Crippen LogP contribution < -0.4 is 21.3 Å². The average Bonchev–Trinajstić information content (AvgIpc) is 2.91. The molecule has 0 unspecified atom stereocenters. The molecule has 0 saturated carbocycles. The first-order valence-corrected chi connectivity index (χ1v) is 9.16. The molecule has 0 amide bonds. The molecule has 0 fully saturated rings.